The molecule has 33 heavy (non-hydrogen) atoms. The van der Waals surface area contributed by atoms with E-state index < -0.39 is 24.0 Å². The first-order chi connectivity index (χ1) is 15.6. The van der Waals surface area contributed by atoms with Gasteiger partial charge in [0.05, 0.1) is 22.8 Å². The summed E-state index contributed by atoms with van der Waals surface area (Å²) in [6.07, 6.45) is -3.14. The summed E-state index contributed by atoms with van der Waals surface area (Å²) in [4.78, 5) is 11.5. The Morgan fingerprint density at radius 3 is 2.61 bits per heavy atom. The first-order valence-corrected chi connectivity index (χ1v) is 11.5. The molecule has 2 aromatic rings. The number of carbonyl (C=O) groups is 1. The van der Waals surface area contributed by atoms with Crippen LogP contribution in [0.15, 0.2) is 22.7 Å². The van der Waals surface area contributed by atoms with E-state index in [1.165, 1.54) is 0 Å². The van der Waals surface area contributed by atoms with Gasteiger partial charge in [0.15, 0.2) is 5.72 Å². The molecule has 178 valence electrons. The van der Waals surface area contributed by atoms with Gasteiger partial charge in [-0.05, 0) is 31.9 Å². The Kier molecular flexibility index (Phi) is 5.67. The van der Waals surface area contributed by atoms with Crippen molar-refractivity contribution in [3.63, 3.8) is 0 Å². The lowest BCUT2D eigenvalue weighted by atomic mass is 9.98. The van der Waals surface area contributed by atoms with Gasteiger partial charge in [-0.15, -0.1) is 0 Å². The monoisotopic (exact) mass is 504 g/mol. The van der Waals surface area contributed by atoms with Gasteiger partial charge in [-0.25, -0.2) is 4.79 Å². The Balaban J connectivity index is 1.37. The van der Waals surface area contributed by atoms with E-state index in [0.717, 1.165) is 18.4 Å². The van der Waals surface area contributed by atoms with E-state index in [2.05, 4.69) is 10.5 Å². The maximum atomic E-state index is 12.8. The van der Waals surface area contributed by atoms with Crippen molar-refractivity contribution >= 4 is 29.2 Å². The van der Waals surface area contributed by atoms with Crippen molar-refractivity contribution in [1.29, 1.82) is 0 Å². The van der Waals surface area contributed by atoms with E-state index in [-0.39, 0.29) is 37.3 Å². The summed E-state index contributed by atoms with van der Waals surface area (Å²) in [7, 11) is 0. The second-order valence-corrected chi connectivity index (χ2v) is 9.80. The van der Waals surface area contributed by atoms with Crippen molar-refractivity contribution in [2.45, 2.75) is 69.2 Å². The van der Waals surface area contributed by atoms with E-state index in [0.29, 0.717) is 27.1 Å². The molecule has 1 saturated heterocycles. The molecule has 0 spiro atoms. The number of aromatic nitrogens is 1. The molecule has 4 atom stereocenters. The average molecular weight is 505 g/mol. The number of carbonyl (C=O) groups excluding carboxylic acids is 1. The van der Waals surface area contributed by atoms with Gasteiger partial charge in [0.2, 0.25) is 0 Å². The molecule has 3 aliphatic rings. The van der Waals surface area contributed by atoms with Crippen molar-refractivity contribution < 1.29 is 32.0 Å². The van der Waals surface area contributed by atoms with Crippen LogP contribution in [0.4, 0.5) is 13.2 Å². The van der Waals surface area contributed by atoms with E-state index in [9.17, 15) is 18.0 Å². The first kappa shape index (κ1) is 23.0. The molecular formula is C22H21Cl2F3N2O4. The number of ether oxygens (including phenoxy) is 2. The minimum atomic E-state index is -5.05. The third-order valence-electron chi connectivity index (χ3n) is 6.63. The Morgan fingerprint density at radius 1 is 1.27 bits per heavy atom. The van der Waals surface area contributed by atoms with Crippen LogP contribution in [0.25, 0.3) is 11.3 Å². The Morgan fingerprint density at radius 2 is 1.97 bits per heavy atom. The van der Waals surface area contributed by atoms with Gasteiger partial charge < -0.3 is 14.0 Å². The Hall–Kier alpha value is -1.81. The number of nitrogens with one attached hydrogen (secondary N) is 1. The summed E-state index contributed by atoms with van der Waals surface area (Å²) in [5.74, 6) is -1.35. The normalized spacial score (nSPS) is 29.0. The number of hydrogen-bond donors (Lipinski definition) is 1. The summed E-state index contributed by atoms with van der Waals surface area (Å²) in [6, 6.07) is 4.98. The maximum Gasteiger partial charge on any atom is 0.490 e. The summed E-state index contributed by atoms with van der Waals surface area (Å²) in [5, 5.41) is 8.07. The molecule has 0 radical (unpaired) electrons. The minimum Gasteiger partial charge on any atom is -0.437 e. The SMILES string of the molecule is CC1NC2(OC(=O)C(F)(F)F)CC(OCc3c(-c4c(Cl)cccc4Cl)noc3C3CC3)C1C2. The molecule has 0 amide bonds. The van der Waals surface area contributed by atoms with Crippen LogP contribution in [0.1, 0.15) is 49.8 Å². The third-order valence-corrected chi connectivity index (χ3v) is 7.26. The van der Waals surface area contributed by atoms with Gasteiger partial charge in [-0.3, -0.25) is 5.32 Å². The summed E-state index contributed by atoms with van der Waals surface area (Å²) in [5.41, 5.74) is 0.399. The quantitative estimate of drug-likeness (QED) is 0.515. The lowest BCUT2D eigenvalue weighted by molar-refractivity contribution is -0.217. The van der Waals surface area contributed by atoms with Crippen LogP contribution in [0.2, 0.25) is 10.0 Å². The summed E-state index contributed by atoms with van der Waals surface area (Å²) < 4.78 is 55.0. The number of benzene rings is 1. The third kappa shape index (κ3) is 4.24. The molecule has 1 aromatic heterocycles. The summed E-state index contributed by atoms with van der Waals surface area (Å²) >= 11 is 12.8. The zero-order chi connectivity index (χ0) is 23.5. The standard InChI is InChI=1S/C22H21Cl2F3N2O4/c1-10-12-7-21(28-10,32-20(30)22(25,26)27)8-16(12)31-9-13-18(29-33-19(13)11-5-6-11)17-14(23)3-2-4-15(17)24/h2-4,10-12,16,28H,5-9H2,1H3. The van der Waals surface area contributed by atoms with Crippen molar-refractivity contribution in [3.8, 4) is 11.3 Å². The van der Waals surface area contributed by atoms with Gasteiger partial charge >= 0.3 is 12.1 Å². The smallest absolute Gasteiger partial charge is 0.437 e. The fourth-order valence-corrected chi connectivity index (χ4v) is 5.56. The molecule has 1 aromatic carbocycles. The fraction of sp³-hybridized carbons (Fsp3) is 0.545. The highest BCUT2D eigenvalue weighted by Gasteiger charge is 2.59. The van der Waals surface area contributed by atoms with Crippen LogP contribution in [-0.2, 0) is 20.9 Å². The number of nitrogens with zero attached hydrogens (tertiary/aromatic N) is 1. The zero-order valence-corrected chi connectivity index (χ0v) is 19.1. The minimum absolute atomic E-state index is 0.109. The second-order valence-electron chi connectivity index (χ2n) is 8.98. The molecule has 4 unspecified atom stereocenters. The molecule has 2 saturated carbocycles. The number of esters is 1. The Labute approximate surface area is 197 Å². The highest BCUT2D eigenvalue weighted by Crippen LogP contribution is 2.49. The molecule has 6 nitrogen and oxygen atoms in total. The Bertz CT molecular complexity index is 1070. The van der Waals surface area contributed by atoms with Crippen LogP contribution in [0.3, 0.4) is 0 Å². The van der Waals surface area contributed by atoms with Gasteiger partial charge in [0, 0.05) is 41.8 Å². The van der Waals surface area contributed by atoms with Crippen molar-refractivity contribution in [2.24, 2.45) is 5.92 Å². The lowest BCUT2D eigenvalue weighted by Crippen LogP contribution is -2.52. The van der Waals surface area contributed by atoms with E-state index in [1.54, 1.807) is 18.2 Å². The highest BCUT2D eigenvalue weighted by atomic mass is 35.5. The van der Waals surface area contributed by atoms with Gasteiger partial charge in [0.1, 0.15) is 11.5 Å². The van der Waals surface area contributed by atoms with Crippen molar-refractivity contribution in [2.75, 3.05) is 0 Å². The van der Waals surface area contributed by atoms with Crippen LogP contribution in [-0.4, -0.2) is 35.2 Å². The molecular weight excluding hydrogens is 484 g/mol. The molecule has 3 fully saturated rings. The fourth-order valence-electron chi connectivity index (χ4n) is 4.98. The van der Waals surface area contributed by atoms with Gasteiger partial charge in [-0.2, -0.15) is 13.2 Å². The molecule has 2 bridgehead atoms. The van der Waals surface area contributed by atoms with Crippen molar-refractivity contribution in [1.82, 2.24) is 10.5 Å². The topological polar surface area (TPSA) is 73.6 Å². The number of piperidine rings is 1. The number of alkyl halides is 3. The molecule has 1 aliphatic heterocycles. The van der Waals surface area contributed by atoms with E-state index in [4.69, 9.17) is 37.2 Å². The first-order valence-electron chi connectivity index (χ1n) is 10.7. The van der Waals surface area contributed by atoms with Crippen molar-refractivity contribution in [3.05, 3.63) is 39.6 Å². The number of hydrogen-bond acceptors (Lipinski definition) is 6. The lowest BCUT2D eigenvalue weighted by Gasteiger charge is -2.34. The van der Waals surface area contributed by atoms with Crippen LogP contribution in [0.5, 0.6) is 0 Å². The van der Waals surface area contributed by atoms with Crippen LogP contribution >= 0.6 is 23.2 Å². The van der Waals surface area contributed by atoms with Crippen LogP contribution < -0.4 is 5.32 Å². The molecule has 5 rings (SSSR count). The molecule has 1 N–H and O–H groups in total. The maximum absolute atomic E-state index is 12.8. The second kappa shape index (κ2) is 8.15. The zero-order valence-electron chi connectivity index (χ0n) is 17.5. The van der Waals surface area contributed by atoms with Gasteiger partial charge in [-0.1, -0.05) is 34.4 Å². The summed E-state index contributed by atoms with van der Waals surface area (Å²) in [6.45, 7) is 1.97. The average Bonchev–Trinajstić information content (AvgIpc) is 3.28. The van der Waals surface area contributed by atoms with E-state index in [1.807, 2.05) is 6.92 Å². The molecule has 2 heterocycles. The largest absolute Gasteiger partial charge is 0.490 e. The van der Waals surface area contributed by atoms with Gasteiger partial charge in [0.25, 0.3) is 0 Å². The number of fused-ring (bicyclic) bond motifs is 2. The number of rotatable bonds is 6. The predicted octanol–water partition coefficient (Wildman–Crippen LogP) is 5.61. The van der Waals surface area contributed by atoms with E-state index >= 15 is 0 Å². The number of halogens is 5. The predicted molar refractivity (Wildman–Crippen MR) is 113 cm³/mol. The molecule has 11 heteroatoms. The highest BCUT2D eigenvalue weighted by molar-refractivity contribution is 6.39. The van der Waals surface area contributed by atoms with Crippen LogP contribution in [0, 0.1) is 5.92 Å². The molecule has 2 aliphatic carbocycles.